The van der Waals surface area contributed by atoms with Crippen molar-refractivity contribution in [3.8, 4) is 0 Å². The molecule has 0 aromatic heterocycles. The summed E-state index contributed by atoms with van der Waals surface area (Å²) in [7, 11) is 1.30. The summed E-state index contributed by atoms with van der Waals surface area (Å²) in [4.78, 5) is 23.9. The molecular formula is C24H28N2O4S3. The number of anilines is 2. The van der Waals surface area contributed by atoms with Crippen LogP contribution in [0.15, 0.2) is 84.3 Å². The molecule has 2 N–H and O–H groups in total. The lowest BCUT2D eigenvalue weighted by atomic mass is 10.3. The fourth-order valence-corrected chi connectivity index (χ4v) is 5.32. The topological polar surface area (TPSA) is 76.7 Å². The molecule has 0 heterocycles. The summed E-state index contributed by atoms with van der Waals surface area (Å²) in [5.74, 6) is 2.03. The molecule has 2 rings (SSSR count). The standard InChI is InChI=1S/C24H28N2O4S3/c1-19(17-23(27)25-21-9-5-3-6-10-21)29-13-15-32-33(31)16-14-30-20(2)18-24(28)26-22-11-7-4-8-12-22/h3-12,17-18H,13-16H2,1-2H3,(H,25,27)(H,26,28)/b19-17+,20-18+. The van der Waals surface area contributed by atoms with Crippen LogP contribution in [0.5, 0.6) is 0 Å². The van der Waals surface area contributed by atoms with Crippen LogP contribution in [-0.4, -0.2) is 36.5 Å². The fourth-order valence-electron chi connectivity index (χ4n) is 2.51. The van der Waals surface area contributed by atoms with E-state index in [9.17, 15) is 9.59 Å². The van der Waals surface area contributed by atoms with Crippen LogP contribution < -0.4 is 10.6 Å². The molecule has 0 spiro atoms. The van der Waals surface area contributed by atoms with Gasteiger partial charge >= 0.3 is 0 Å². The van der Waals surface area contributed by atoms with Gasteiger partial charge in [-0.25, -0.2) is 0 Å². The Hall–Kier alpha value is -2.62. The van der Waals surface area contributed by atoms with Gasteiger partial charge in [0.15, 0.2) is 0 Å². The molecule has 176 valence electrons. The number of hydrogen-bond acceptors (Lipinski definition) is 6. The van der Waals surface area contributed by atoms with Crippen molar-refractivity contribution in [3.05, 3.63) is 84.3 Å². The summed E-state index contributed by atoms with van der Waals surface area (Å²) < 4.78 is 11.2. The number of amides is 2. The molecule has 0 fully saturated rings. The van der Waals surface area contributed by atoms with Gasteiger partial charge in [0.25, 0.3) is 11.8 Å². The summed E-state index contributed by atoms with van der Waals surface area (Å²) in [5.41, 5.74) is 1.47. The van der Waals surface area contributed by atoms with Crippen LogP contribution >= 0.6 is 10.8 Å². The molecule has 9 heteroatoms. The number of benzene rings is 2. The predicted octanol–water partition coefficient (Wildman–Crippen LogP) is 4.83. The Morgan fingerprint density at radius 2 is 1.30 bits per heavy atom. The molecule has 0 saturated carbocycles. The second kappa shape index (κ2) is 15.3. The number of rotatable bonds is 13. The second-order valence-electron chi connectivity index (χ2n) is 6.75. The van der Waals surface area contributed by atoms with Gasteiger partial charge in [0.05, 0.1) is 24.7 Å². The molecule has 0 bridgehead atoms. The average Bonchev–Trinajstić information content (AvgIpc) is 2.78. The van der Waals surface area contributed by atoms with Crippen LogP contribution in [0.2, 0.25) is 0 Å². The van der Waals surface area contributed by atoms with Crippen molar-refractivity contribution in [2.75, 3.05) is 35.4 Å². The zero-order valence-corrected chi connectivity index (χ0v) is 21.1. The summed E-state index contributed by atoms with van der Waals surface area (Å²) in [5, 5.41) is 5.56. The largest absolute Gasteiger partial charge is 0.497 e. The minimum Gasteiger partial charge on any atom is -0.497 e. The maximum absolute atomic E-state index is 12.0. The third kappa shape index (κ3) is 12.3. The lowest BCUT2D eigenvalue weighted by Crippen LogP contribution is -2.10. The SMILES string of the molecule is C/C(=C\C(=O)Nc1ccccc1)OCCSS(=S)CCO/C(C)=C/C(=O)Nc1ccccc1. The normalized spacial score (nSPS) is 12.5. The zero-order chi connectivity index (χ0) is 23.9. The van der Waals surface area contributed by atoms with Crippen LogP contribution in [0.3, 0.4) is 0 Å². The summed E-state index contributed by atoms with van der Waals surface area (Å²) in [6.07, 6.45) is 2.86. The Morgan fingerprint density at radius 1 is 0.848 bits per heavy atom. The van der Waals surface area contributed by atoms with Crippen molar-refractivity contribution in [1.29, 1.82) is 0 Å². The van der Waals surface area contributed by atoms with Crippen LogP contribution in [0.4, 0.5) is 11.4 Å². The number of hydrogen-bond donors (Lipinski definition) is 2. The third-order valence-corrected chi connectivity index (χ3v) is 8.21. The smallest absolute Gasteiger partial charge is 0.251 e. The molecule has 0 aliphatic carbocycles. The minimum atomic E-state index is -0.314. The molecule has 1 unspecified atom stereocenters. The van der Waals surface area contributed by atoms with E-state index in [-0.39, 0.29) is 20.3 Å². The van der Waals surface area contributed by atoms with E-state index in [1.807, 2.05) is 60.7 Å². The van der Waals surface area contributed by atoms with Crippen molar-refractivity contribution in [2.24, 2.45) is 0 Å². The Balaban J connectivity index is 1.57. The Kier molecular flexibility index (Phi) is 12.3. The molecule has 2 aromatic carbocycles. The Bertz CT molecular complexity index is 980. The van der Waals surface area contributed by atoms with Crippen molar-refractivity contribution >= 4 is 53.7 Å². The van der Waals surface area contributed by atoms with Crippen LogP contribution in [0.1, 0.15) is 13.8 Å². The van der Waals surface area contributed by atoms with Gasteiger partial charge in [0.2, 0.25) is 0 Å². The van der Waals surface area contributed by atoms with Gasteiger partial charge in [0.1, 0.15) is 0 Å². The molecule has 1 atom stereocenters. The Labute approximate surface area is 205 Å². The van der Waals surface area contributed by atoms with E-state index in [1.165, 1.54) is 12.2 Å². The first-order valence-corrected chi connectivity index (χ1v) is 14.1. The lowest BCUT2D eigenvalue weighted by molar-refractivity contribution is -0.112. The summed E-state index contributed by atoms with van der Waals surface area (Å²) in [6, 6.07) is 18.5. The van der Waals surface area contributed by atoms with Gasteiger partial charge in [-0.15, -0.1) is 0 Å². The monoisotopic (exact) mass is 504 g/mol. The maximum atomic E-state index is 12.0. The van der Waals surface area contributed by atoms with Gasteiger partial charge in [-0.1, -0.05) is 55.7 Å². The molecule has 33 heavy (non-hydrogen) atoms. The Morgan fingerprint density at radius 3 is 1.79 bits per heavy atom. The van der Waals surface area contributed by atoms with Gasteiger partial charge < -0.3 is 20.1 Å². The number of carbonyl (C=O) groups excluding carboxylic acids is 2. The molecule has 0 aliphatic heterocycles. The first-order valence-electron chi connectivity index (χ1n) is 10.3. The highest BCUT2D eigenvalue weighted by molar-refractivity contribution is 8.82. The maximum Gasteiger partial charge on any atom is 0.251 e. The van der Waals surface area contributed by atoms with Crippen LogP contribution in [0.25, 0.3) is 0 Å². The highest BCUT2D eigenvalue weighted by Crippen LogP contribution is 2.11. The quantitative estimate of drug-likeness (QED) is 0.176. The van der Waals surface area contributed by atoms with E-state index in [2.05, 4.69) is 10.6 Å². The summed E-state index contributed by atoms with van der Waals surface area (Å²) >= 11 is 5.46. The van der Waals surface area contributed by atoms with Gasteiger partial charge in [-0.3, -0.25) is 9.59 Å². The molecule has 2 aromatic rings. The first-order chi connectivity index (χ1) is 15.9. The lowest BCUT2D eigenvalue weighted by Gasteiger charge is -2.09. The molecule has 6 nitrogen and oxygen atoms in total. The number of allylic oxidation sites excluding steroid dienone is 2. The molecule has 2 amide bonds. The van der Waals surface area contributed by atoms with Crippen molar-refractivity contribution in [2.45, 2.75) is 13.8 Å². The van der Waals surface area contributed by atoms with E-state index >= 15 is 0 Å². The fraction of sp³-hybridized carbons (Fsp3) is 0.250. The van der Waals surface area contributed by atoms with Crippen LogP contribution in [-0.2, 0) is 38.7 Å². The van der Waals surface area contributed by atoms with Crippen LogP contribution in [0, 0.1) is 0 Å². The number of para-hydroxylation sites is 2. The van der Waals surface area contributed by atoms with E-state index in [4.69, 9.17) is 20.7 Å². The van der Waals surface area contributed by atoms with Crippen molar-refractivity contribution < 1.29 is 19.1 Å². The third-order valence-electron chi connectivity index (χ3n) is 3.96. The van der Waals surface area contributed by atoms with E-state index in [0.29, 0.717) is 36.2 Å². The van der Waals surface area contributed by atoms with Gasteiger partial charge in [-0.05, 0) is 49.3 Å². The number of carbonyl (C=O) groups is 2. The van der Waals surface area contributed by atoms with E-state index in [0.717, 1.165) is 11.4 Å². The van der Waals surface area contributed by atoms with Gasteiger partial charge in [0, 0.05) is 35.0 Å². The van der Waals surface area contributed by atoms with E-state index < -0.39 is 0 Å². The first kappa shape index (κ1) is 26.6. The van der Waals surface area contributed by atoms with Crippen molar-refractivity contribution in [1.82, 2.24) is 0 Å². The molecule has 0 radical (unpaired) electrons. The second-order valence-corrected chi connectivity index (χ2v) is 12.2. The van der Waals surface area contributed by atoms with E-state index in [1.54, 1.807) is 24.6 Å². The highest BCUT2D eigenvalue weighted by atomic mass is 33.3. The zero-order valence-electron chi connectivity index (χ0n) is 18.6. The van der Waals surface area contributed by atoms with Gasteiger partial charge in [-0.2, -0.15) is 0 Å². The molecular weight excluding hydrogens is 476 g/mol. The molecule has 0 saturated heterocycles. The number of ether oxygens (including phenoxy) is 2. The predicted molar refractivity (Wildman–Crippen MR) is 142 cm³/mol. The minimum absolute atomic E-state index is 0.229. The highest BCUT2D eigenvalue weighted by Gasteiger charge is 2.03. The summed E-state index contributed by atoms with van der Waals surface area (Å²) in [6.45, 7) is 4.40. The number of nitrogens with one attached hydrogen (secondary N) is 2. The molecule has 0 aliphatic rings. The average molecular weight is 505 g/mol. The van der Waals surface area contributed by atoms with Crippen molar-refractivity contribution in [3.63, 3.8) is 0 Å².